The molecule has 0 N–H and O–H groups in total. The predicted octanol–water partition coefficient (Wildman–Crippen LogP) is 4.21. The van der Waals surface area contributed by atoms with Gasteiger partial charge in [-0.05, 0) is 36.6 Å². The molecule has 0 aromatic heterocycles. The molecule has 5 heteroatoms. The van der Waals surface area contributed by atoms with E-state index in [2.05, 4.69) is 0 Å². The summed E-state index contributed by atoms with van der Waals surface area (Å²) >= 11 is 12.0. The lowest BCUT2D eigenvalue weighted by Crippen LogP contribution is -2.33. The Balaban J connectivity index is 1.78. The van der Waals surface area contributed by atoms with Crippen molar-refractivity contribution in [1.82, 2.24) is 4.90 Å². The summed E-state index contributed by atoms with van der Waals surface area (Å²) in [5.41, 5.74) is 3.02. The van der Waals surface area contributed by atoms with Gasteiger partial charge >= 0.3 is 0 Å². The summed E-state index contributed by atoms with van der Waals surface area (Å²) in [5.74, 6) is -0.783. The quantitative estimate of drug-likeness (QED) is 0.766. The van der Waals surface area contributed by atoms with Crippen molar-refractivity contribution in [3.05, 3.63) is 75.3 Å². The lowest BCUT2D eigenvalue weighted by Gasteiger charge is -2.14. The monoisotopic (exact) mass is 359 g/mol. The van der Waals surface area contributed by atoms with E-state index in [0.29, 0.717) is 17.0 Å². The molecule has 0 unspecified atom stereocenters. The summed E-state index contributed by atoms with van der Waals surface area (Å²) in [6.45, 7) is 2.24. The zero-order chi connectivity index (χ0) is 17.3. The average Bonchev–Trinajstić information content (AvgIpc) is 2.78. The van der Waals surface area contributed by atoms with E-state index in [1.807, 2.05) is 31.2 Å². The number of hydrogen-bond donors (Lipinski definition) is 0. The van der Waals surface area contributed by atoms with Gasteiger partial charge in [-0.25, -0.2) is 0 Å². The van der Waals surface area contributed by atoms with Crippen molar-refractivity contribution >= 4 is 40.6 Å². The molecule has 1 aliphatic heterocycles. The van der Waals surface area contributed by atoms with Gasteiger partial charge < -0.3 is 0 Å². The first-order valence-electron chi connectivity index (χ1n) is 7.55. The van der Waals surface area contributed by atoms with Gasteiger partial charge in [-0.3, -0.25) is 14.5 Å². The smallest absolute Gasteiger partial charge is 0.273 e. The second-order valence-electron chi connectivity index (χ2n) is 5.69. The molecular weight excluding hydrogens is 345 g/mol. The molecule has 0 radical (unpaired) electrons. The van der Waals surface area contributed by atoms with E-state index < -0.39 is 5.91 Å². The molecule has 2 aromatic rings. The number of carbonyl (C=O) groups is 2. The molecule has 2 amide bonds. The second kappa shape index (κ2) is 6.80. The van der Waals surface area contributed by atoms with Crippen LogP contribution in [0.5, 0.6) is 0 Å². The molecule has 1 aliphatic rings. The molecule has 3 rings (SSSR count). The van der Waals surface area contributed by atoms with E-state index in [0.717, 1.165) is 11.1 Å². The van der Waals surface area contributed by atoms with Crippen LogP contribution in [-0.2, 0) is 16.0 Å². The van der Waals surface area contributed by atoms with Crippen LogP contribution in [0.4, 0.5) is 0 Å². The van der Waals surface area contributed by atoms with Crippen LogP contribution < -0.4 is 0 Å². The third-order valence-electron chi connectivity index (χ3n) is 3.99. The lowest BCUT2D eigenvalue weighted by molar-refractivity contribution is -0.136. The summed E-state index contributed by atoms with van der Waals surface area (Å²) in [6.07, 6.45) is 0.556. The maximum absolute atomic E-state index is 12.6. The highest BCUT2D eigenvalue weighted by molar-refractivity contribution is 6.55. The van der Waals surface area contributed by atoms with Crippen molar-refractivity contribution in [2.24, 2.45) is 0 Å². The molecule has 0 aliphatic carbocycles. The number of aryl methyl sites for hydroxylation is 1. The van der Waals surface area contributed by atoms with Crippen LogP contribution in [0.25, 0.3) is 5.57 Å². The molecule has 24 heavy (non-hydrogen) atoms. The molecule has 0 bridgehead atoms. The van der Waals surface area contributed by atoms with Crippen molar-refractivity contribution in [2.75, 3.05) is 6.54 Å². The van der Waals surface area contributed by atoms with Gasteiger partial charge in [0, 0.05) is 11.6 Å². The van der Waals surface area contributed by atoms with Crippen molar-refractivity contribution < 1.29 is 9.59 Å². The Hall–Kier alpha value is -2.10. The molecule has 2 aromatic carbocycles. The molecule has 0 saturated heterocycles. The Labute approximate surface area is 150 Å². The Morgan fingerprint density at radius 1 is 0.875 bits per heavy atom. The Morgan fingerprint density at radius 2 is 1.50 bits per heavy atom. The Morgan fingerprint density at radius 3 is 2.12 bits per heavy atom. The minimum Gasteiger partial charge on any atom is -0.273 e. The van der Waals surface area contributed by atoms with Crippen LogP contribution in [0.1, 0.15) is 16.7 Å². The first kappa shape index (κ1) is 16.7. The molecule has 0 atom stereocenters. The SMILES string of the molecule is Cc1ccc(C2=C(Cl)C(=O)N(CCc3ccc(Cl)cc3)C2=O)cc1. The van der Waals surface area contributed by atoms with Crippen LogP contribution >= 0.6 is 23.2 Å². The molecule has 3 nitrogen and oxygen atoms in total. The summed E-state index contributed by atoms with van der Waals surface area (Å²) < 4.78 is 0. The summed E-state index contributed by atoms with van der Waals surface area (Å²) in [4.78, 5) is 26.2. The van der Waals surface area contributed by atoms with E-state index in [1.54, 1.807) is 24.3 Å². The first-order chi connectivity index (χ1) is 11.5. The average molecular weight is 360 g/mol. The van der Waals surface area contributed by atoms with Gasteiger partial charge in [-0.15, -0.1) is 0 Å². The first-order valence-corrected chi connectivity index (χ1v) is 8.30. The van der Waals surface area contributed by atoms with Gasteiger partial charge in [0.2, 0.25) is 0 Å². The normalized spacial score (nSPS) is 14.7. The minimum atomic E-state index is -0.439. The number of hydrogen-bond acceptors (Lipinski definition) is 2. The Kier molecular flexibility index (Phi) is 4.74. The summed E-state index contributed by atoms with van der Waals surface area (Å²) in [7, 11) is 0. The predicted molar refractivity (Wildman–Crippen MR) is 95.8 cm³/mol. The molecule has 122 valence electrons. The summed E-state index contributed by atoms with van der Waals surface area (Å²) in [5, 5.41) is 0.637. The van der Waals surface area contributed by atoms with Gasteiger partial charge in [0.15, 0.2) is 0 Å². The van der Waals surface area contributed by atoms with Crippen molar-refractivity contribution in [1.29, 1.82) is 0 Å². The molecule has 0 saturated carbocycles. The maximum Gasteiger partial charge on any atom is 0.273 e. The molecular formula is C19H15Cl2NO2. The zero-order valence-corrected chi connectivity index (χ0v) is 14.6. The number of nitrogens with zero attached hydrogens (tertiary/aromatic N) is 1. The van der Waals surface area contributed by atoms with Gasteiger partial charge in [0.1, 0.15) is 5.03 Å². The molecule has 0 spiro atoms. The third kappa shape index (κ3) is 3.23. The van der Waals surface area contributed by atoms with Gasteiger partial charge in [0.25, 0.3) is 11.8 Å². The van der Waals surface area contributed by atoms with Crippen LogP contribution in [0.2, 0.25) is 5.02 Å². The van der Waals surface area contributed by atoms with Crippen LogP contribution in [0.3, 0.4) is 0 Å². The standard InChI is InChI=1S/C19H15Cl2NO2/c1-12-2-6-14(7-3-12)16-17(21)19(24)22(18(16)23)11-10-13-4-8-15(20)9-5-13/h2-9H,10-11H2,1H3. The summed E-state index contributed by atoms with van der Waals surface area (Å²) in [6, 6.07) is 14.7. The fraction of sp³-hybridized carbons (Fsp3) is 0.158. The highest BCUT2D eigenvalue weighted by Gasteiger charge is 2.37. The lowest BCUT2D eigenvalue weighted by atomic mass is 10.0. The second-order valence-corrected chi connectivity index (χ2v) is 6.51. The van der Waals surface area contributed by atoms with Crippen LogP contribution in [0, 0.1) is 6.92 Å². The number of carbonyl (C=O) groups excluding carboxylic acids is 2. The van der Waals surface area contributed by atoms with Crippen molar-refractivity contribution in [3.8, 4) is 0 Å². The third-order valence-corrected chi connectivity index (χ3v) is 4.59. The highest BCUT2D eigenvalue weighted by Crippen LogP contribution is 2.31. The zero-order valence-electron chi connectivity index (χ0n) is 13.1. The Bertz CT molecular complexity index is 823. The van der Waals surface area contributed by atoms with Gasteiger partial charge in [-0.2, -0.15) is 0 Å². The number of halogens is 2. The number of benzene rings is 2. The van der Waals surface area contributed by atoms with Crippen LogP contribution in [0.15, 0.2) is 53.6 Å². The number of imide groups is 1. The van der Waals surface area contributed by atoms with Crippen molar-refractivity contribution in [2.45, 2.75) is 13.3 Å². The maximum atomic E-state index is 12.6. The number of amides is 2. The fourth-order valence-corrected chi connectivity index (χ4v) is 3.03. The van der Waals surface area contributed by atoms with E-state index in [-0.39, 0.29) is 23.1 Å². The number of rotatable bonds is 4. The highest BCUT2D eigenvalue weighted by atomic mass is 35.5. The van der Waals surface area contributed by atoms with E-state index in [4.69, 9.17) is 23.2 Å². The molecule has 0 fully saturated rings. The van der Waals surface area contributed by atoms with Gasteiger partial charge in [-0.1, -0.05) is 65.2 Å². The van der Waals surface area contributed by atoms with Gasteiger partial charge in [0.05, 0.1) is 5.57 Å². The minimum absolute atomic E-state index is 0.0139. The van der Waals surface area contributed by atoms with E-state index in [1.165, 1.54) is 4.90 Å². The largest absolute Gasteiger partial charge is 0.273 e. The van der Waals surface area contributed by atoms with E-state index >= 15 is 0 Å². The molecule has 1 heterocycles. The van der Waals surface area contributed by atoms with E-state index in [9.17, 15) is 9.59 Å². The van der Waals surface area contributed by atoms with Crippen LogP contribution in [-0.4, -0.2) is 23.3 Å². The topological polar surface area (TPSA) is 37.4 Å². The fourth-order valence-electron chi connectivity index (χ4n) is 2.61. The van der Waals surface area contributed by atoms with Crippen molar-refractivity contribution in [3.63, 3.8) is 0 Å².